The Morgan fingerprint density at radius 1 is 0.710 bits per heavy atom. The Morgan fingerprint density at radius 3 is 1.52 bits per heavy atom. The quantitative estimate of drug-likeness (QED) is 0.156. The van der Waals surface area contributed by atoms with Gasteiger partial charge in [-0.1, -0.05) is 117 Å². The van der Waals surface area contributed by atoms with Crippen LogP contribution < -0.4 is 5.11 Å². The second-order valence-electron chi connectivity index (χ2n) is 10.6. The van der Waals surface area contributed by atoms with Crippen LogP contribution in [0.4, 0.5) is 0 Å². The highest BCUT2D eigenvalue weighted by Gasteiger charge is 2.34. The minimum absolute atomic E-state index is 0.0513. The van der Waals surface area contributed by atoms with Gasteiger partial charge in [-0.2, -0.15) is 0 Å². The molecule has 0 saturated carbocycles. The zero-order valence-electron chi connectivity index (χ0n) is 21.6. The number of quaternary nitrogens is 1. The normalized spacial score (nSPS) is 14.0. The first-order valence-corrected chi connectivity index (χ1v) is 13.5. The summed E-state index contributed by atoms with van der Waals surface area (Å²) in [5, 5.41) is 22.1. The summed E-state index contributed by atoms with van der Waals surface area (Å²) in [5.41, 5.74) is -0.678. The molecular formula is C27H55NO3. The third kappa shape index (κ3) is 19.8. The van der Waals surface area contributed by atoms with Gasteiger partial charge >= 0.3 is 0 Å². The second-order valence-corrected chi connectivity index (χ2v) is 10.6. The Bertz CT molecular complexity index is 425. The first-order chi connectivity index (χ1) is 14.7. The molecule has 0 amide bonds. The van der Waals surface area contributed by atoms with Gasteiger partial charge in [0.1, 0.15) is 12.1 Å². The number of aliphatic carboxylic acids is 1. The van der Waals surface area contributed by atoms with Crippen LogP contribution >= 0.6 is 0 Å². The lowest BCUT2D eigenvalue weighted by Gasteiger charge is -2.39. The molecule has 0 radical (unpaired) electrons. The lowest BCUT2D eigenvalue weighted by Crippen LogP contribution is -2.53. The summed E-state index contributed by atoms with van der Waals surface area (Å²) in [6.07, 6.45) is 22.6. The Balaban J connectivity index is 3.92. The van der Waals surface area contributed by atoms with Crippen LogP contribution in [0, 0.1) is 0 Å². The number of carboxylic acid groups (broad SMARTS) is 1. The smallest absolute Gasteiger partial charge is 0.113 e. The molecule has 1 N–H and O–H groups in total. The van der Waals surface area contributed by atoms with Crippen LogP contribution in [0.1, 0.15) is 136 Å². The molecule has 0 aromatic heterocycles. The number of carbonyl (C=O) groups excluding carboxylic acids is 1. The summed E-state index contributed by atoms with van der Waals surface area (Å²) >= 11 is 0. The fourth-order valence-corrected chi connectivity index (χ4v) is 4.71. The summed E-state index contributed by atoms with van der Waals surface area (Å²) < 4.78 is 0.535. The van der Waals surface area contributed by atoms with Gasteiger partial charge in [-0.25, -0.2) is 0 Å². The van der Waals surface area contributed by atoms with E-state index in [-0.39, 0.29) is 6.42 Å². The Labute approximate surface area is 194 Å². The highest BCUT2D eigenvalue weighted by molar-refractivity contribution is 5.64. The molecule has 1 unspecified atom stereocenters. The molecular weight excluding hydrogens is 386 g/mol. The third-order valence-electron chi connectivity index (χ3n) is 6.63. The van der Waals surface area contributed by atoms with E-state index in [0.717, 1.165) is 32.1 Å². The van der Waals surface area contributed by atoms with Gasteiger partial charge in [0.2, 0.25) is 0 Å². The predicted molar refractivity (Wildman–Crippen MR) is 131 cm³/mol. The maximum absolute atomic E-state index is 11.3. The molecule has 0 aromatic carbocycles. The molecule has 0 aliphatic heterocycles. The van der Waals surface area contributed by atoms with Crippen molar-refractivity contribution in [1.82, 2.24) is 0 Å². The van der Waals surface area contributed by atoms with Gasteiger partial charge in [0.25, 0.3) is 0 Å². The van der Waals surface area contributed by atoms with Gasteiger partial charge < -0.3 is 19.5 Å². The SMILES string of the molecule is CCCCCCCCCCCCCCCCC(O)(CCCC)C[N+](C)(C)CCC(=O)[O-]. The molecule has 1 atom stereocenters. The van der Waals surface area contributed by atoms with Crippen LogP contribution in [0.15, 0.2) is 0 Å². The fourth-order valence-electron chi connectivity index (χ4n) is 4.71. The highest BCUT2D eigenvalue weighted by Crippen LogP contribution is 2.26. The average molecular weight is 442 g/mol. The van der Waals surface area contributed by atoms with Crippen molar-refractivity contribution in [3.8, 4) is 0 Å². The molecule has 0 aliphatic rings. The zero-order valence-corrected chi connectivity index (χ0v) is 21.6. The largest absolute Gasteiger partial charge is 0.550 e. The van der Waals surface area contributed by atoms with Crippen LogP contribution in [0.3, 0.4) is 0 Å². The van der Waals surface area contributed by atoms with E-state index in [1.54, 1.807) is 0 Å². The van der Waals surface area contributed by atoms with E-state index in [1.807, 2.05) is 14.1 Å². The van der Waals surface area contributed by atoms with Gasteiger partial charge in [-0.05, 0) is 12.8 Å². The molecule has 4 heteroatoms. The number of hydrogen-bond acceptors (Lipinski definition) is 3. The number of aliphatic hydroxyl groups is 1. The highest BCUT2D eigenvalue weighted by atomic mass is 16.4. The van der Waals surface area contributed by atoms with E-state index in [2.05, 4.69) is 13.8 Å². The van der Waals surface area contributed by atoms with Crippen molar-refractivity contribution in [2.75, 3.05) is 27.2 Å². The number of carboxylic acids is 1. The molecule has 0 rings (SSSR count). The molecule has 0 aromatic rings. The topological polar surface area (TPSA) is 60.4 Å². The van der Waals surface area contributed by atoms with E-state index in [9.17, 15) is 15.0 Å². The van der Waals surface area contributed by atoms with E-state index in [4.69, 9.17) is 0 Å². The molecule has 186 valence electrons. The van der Waals surface area contributed by atoms with Gasteiger partial charge in [0, 0.05) is 12.4 Å². The van der Waals surface area contributed by atoms with Crippen LogP contribution in [0.2, 0.25) is 0 Å². The monoisotopic (exact) mass is 441 g/mol. The molecule has 0 aliphatic carbocycles. The van der Waals surface area contributed by atoms with E-state index >= 15 is 0 Å². The lowest BCUT2D eigenvalue weighted by molar-refractivity contribution is -0.896. The Kier molecular flexibility index (Phi) is 18.5. The van der Waals surface area contributed by atoms with Crippen molar-refractivity contribution in [3.63, 3.8) is 0 Å². The van der Waals surface area contributed by atoms with Crippen molar-refractivity contribution in [2.45, 2.75) is 141 Å². The first-order valence-electron chi connectivity index (χ1n) is 13.5. The minimum Gasteiger partial charge on any atom is -0.550 e. The molecule has 0 spiro atoms. The average Bonchev–Trinajstić information content (AvgIpc) is 2.71. The van der Waals surface area contributed by atoms with Crippen molar-refractivity contribution < 1.29 is 19.5 Å². The van der Waals surface area contributed by atoms with E-state index in [1.165, 1.54) is 83.5 Å². The number of nitrogens with zero attached hydrogens (tertiary/aromatic N) is 1. The summed E-state index contributed by atoms with van der Waals surface area (Å²) in [4.78, 5) is 10.8. The minimum atomic E-state index is -1.00. The van der Waals surface area contributed by atoms with Crippen molar-refractivity contribution in [2.24, 2.45) is 0 Å². The summed E-state index contributed by atoms with van der Waals surface area (Å²) in [5.74, 6) is -1.00. The molecule has 31 heavy (non-hydrogen) atoms. The van der Waals surface area contributed by atoms with E-state index in [0.29, 0.717) is 17.6 Å². The summed E-state index contributed by atoms with van der Waals surface area (Å²) in [6, 6.07) is 0. The van der Waals surface area contributed by atoms with Crippen LogP contribution in [0.5, 0.6) is 0 Å². The standard InChI is InChI=1S/C27H55NO3/c1-5-7-9-10-11-12-13-14-15-16-17-18-19-20-23-27(31,22-8-6-2)25-28(3,4)24-21-26(29)30/h31H,5-25H2,1-4H3. The number of unbranched alkanes of at least 4 members (excludes halogenated alkanes) is 14. The first kappa shape index (κ1) is 30.4. The van der Waals surface area contributed by atoms with Crippen LogP contribution in [-0.4, -0.2) is 48.3 Å². The predicted octanol–water partition coefficient (Wildman–Crippen LogP) is 6.00. The lowest BCUT2D eigenvalue weighted by atomic mass is 9.89. The number of hydrogen-bond donors (Lipinski definition) is 1. The molecule has 0 heterocycles. The number of carbonyl (C=O) groups is 1. The van der Waals surface area contributed by atoms with Gasteiger partial charge in [0.05, 0.1) is 20.6 Å². The molecule has 0 bridgehead atoms. The van der Waals surface area contributed by atoms with Gasteiger partial charge in [-0.15, -0.1) is 0 Å². The van der Waals surface area contributed by atoms with Crippen LogP contribution in [-0.2, 0) is 4.79 Å². The third-order valence-corrected chi connectivity index (χ3v) is 6.63. The van der Waals surface area contributed by atoms with Crippen LogP contribution in [0.25, 0.3) is 0 Å². The second kappa shape index (κ2) is 18.9. The zero-order chi connectivity index (χ0) is 23.4. The van der Waals surface area contributed by atoms with E-state index < -0.39 is 11.6 Å². The number of likely N-dealkylation sites (N-methyl/N-ethyl adjacent to an activating group) is 1. The van der Waals surface area contributed by atoms with Crippen molar-refractivity contribution in [1.29, 1.82) is 0 Å². The van der Waals surface area contributed by atoms with Crippen molar-refractivity contribution in [3.05, 3.63) is 0 Å². The maximum atomic E-state index is 11.3. The Hall–Kier alpha value is -0.610. The molecule has 0 saturated heterocycles. The van der Waals surface area contributed by atoms with Gasteiger partial charge in [-0.3, -0.25) is 0 Å². The summed E-state index contributed by atoms with van der Waals surface area (Å²) in [6.45, 7) is 5.56. The summed E-state index contributed by atoms with van der Waals surface area (Å²) in [7, 11) is 4.04. The molecule has 4 nitrogen and oxygen atoms in total. The molecule has 0 fully saturated rings. The maximum Gasteiger partial charge on any atom is 0.113 e. The van der Waals surface area contributed by atoms with Gasteiger partial charge in [0.15, 0.2) is 0 Å². The number of rotatable bonds is 23. The fraction of sp³-hybridized carbons (Fsp3) is 0.963. The van der Waals surface area contributed by atoms with Crippen molar-refractivity contribution >= 4 is 5.97 Å². The Morgan fingerprint density at radius 2 is 1.10 bits per heavy atom.